The van der Waals surface area contributed by atoms with E-state index in [1.807, 2.05) is 6.07 Å². The monoisotopic (exact) mass is 433 g/mol. The molecular formula is C22H22F3N3O3. The van der Waals surface area contributed by atoms with Crippen molar-refractivity contribution in [2.24, 2.45) is 0 Å². The van der Waals surface area contributed by atoms with Gasteiger partial charge in [-0.15, -0.1) is 0 Å². The van der Waals surface area contributed by atoms with Gasteiger partial charge in [0, 0.05) is 25.5 Å². The molecule has 2 aliphatic rings. The van der Waals surface area contributed by atoms with Crippen molar-refractivity contribution in [1.82, 2.24) is 15.2 Å². The van der Waals surface area contributed by atoms with Crippen LogP contribution in [0.3, 0.4) is 0 Å². The number of carbonyl (C=O) groups is 2. The Labute approximate surface area is 177 Å². The molecule has 2 heterocycles. The Bertz CT molecular complexity index is 947. The molecule has 1 saturated heterocycles. The summed E-state index contributed by atoms with van der Waals surface area (Å²) in [5, 5.41) is 12.1. The summed E-state index contributed by atoms with van der Waals surface area (Å²) in [4.78, 5) is 29.4. The Morgan fingerprint density at radius 2 is 1.87 bits per heavy atom. The number of nitrogens with one attached hydrogen (secondary N) is 1. The predicted molar refractivity (Wildman–Crippen MR) is 106 cm³/mol. The van der Waals surface area contributed by atoms with Crippen LogP contribution in [0.1, 0.15) is 48.0 Å². The minimum absolute atomic E-state index is 0.204. The van der Waals surface area contributed by atoms with Crippen molar-refractivity contribution >= 4 is 12.0 Å². The summed E-state index contributed by atoms with van der Waals surface area (Å²) in [6, 6.07) is 10.5. The quantitative estimate of drug-likeness (QED) is 0.750. The molecule has 1 aliphatic heterocycles. The number of carbonyl (C=O) groups excluding carboxylic acids is 1. The van der Waals surface area contributed by atoms with Crippen LogP contribution in [-0.4, -0.2) is 51.7 Å². The highest BCUT2D eigenvalue weighted by Crippen LogP contribution is 2.48. The molecule has 6 nitrogen and oxygen atoms in total. The second-order valence-corrected chi connectivity index (χ2v) is 8.11. The number of hydrogen-bond acceptors (Lipinski definition) is 3. The molecule has 1 saturated carbocycles. The van der Waals surface area contributed by atoms with E-state index in [1.54, 1.807) is 36.4 Å². The predicted octanol–water partition coefficient (Wildman–Crippen LogP) is 3.89. The van der Waals surface area contributed by atoms with E-state index in [0.29, 0.717) is 16.8 Å². The number of carboxylic acid groups (broad SMARTS) is 1. The number of benzene rings is 1. The van der Waals surface area contributed by atoms with Gasteiger partial charge in [0.2, 0.25) is 11.8 Å². The number of aromatic nitrogens is 1. The molecule has 2 fully saturated rings. The van der Waals surface area contributed by atoms with Gasteiger partial charge in [0.1, 0.15) is 12.2 Å². The summed E-state index contributed by atoms with van der Waals surface area (Å²) >= 11 is 0. The Kier molecular flexibility index (Phi) is 5.60. The van der Waals surface area contributed by atoms with Crippen LogP contribution in [0.25, 0.3) is 0 Å². The normalized spacial score (nSPS) is 23.8. The third-order valence-electron chi connectivity index (χ3n) is 5.88. The van der Waals surface area contributed by atoms with E-state index in [9.17, 15) is 27.9 Å². The maximum atomic E-state index is 13.8. The molecule has 0 spiro atoms. The first-order chi connectivity index (χ1) is 14.7. The van der Waals surface area contributed by atoms with E-state index in [-0.39, 0.29) is 31.7 Å². The molecule has 1 aromatic heterocycles. The van der Waals surface area contributed by atoms with Gasteiger partial charge in [-0.25, -0.2) is 18.0 Å². The Morgan fingerprint density at radius 1 is 1.16 bits per heavy atom. The lowest BCUT2D eigenvalue weighted by Gasteiger charge is -2.35. The molecule has 1 aromatic carbocycles. The summed E-state index contributed by atoms with van der Waals surface area (Å²) in [6.45, 7) is -0.345. The maximum absolute atomic E-state index is 13.8. The van der Waals surface area contributed by atoms with Gasteiger partial charge >= 0.3 is 6.09 Å². The van der Waals surface area contributed by atoms with Crippen molar-refractivity contribution in [2.45, 2.75) is 49.4 Å². The average molecular weight is 433 g/mol. The smallest absolute Gasteiger partial charge is 0.408 e. The Morgan fingerprint density at radius 3 is 2.45 bits per heavy atom. The van der Waals surface area contributed by atoms with Crippen molar-refractivity contribution in [3.8, 4) is 0 Å². The standard InChI is InChI=1S/C22H22F3N3O3/c23-16-8-18(28(12-16)21(30)31)20(29)27-19(13-4-2-1-3-5-13)17-7-6-14(11-26-17)15-9-22(24,25)10-15/h1-7,11,15-16,18-19H,8-10,12H2,(H,27,29)(H,30,31)/t16?,18-,19?/m1/s1. The van der Waals surface area contributed by atoms with Crippen LogP contribution in [0.5, 0.6) is 0 Å². The first kappa shape index (κ1) is 21.1. The van der Waals surface area contributed by atoms with Crippen LogP contribution >= 0.6 is 0 Å². The lowest BCUT2D eigenvalue weighted by Crippen LogP contribution is -2.46. The number of amides is 2. The minimum Gasteiger partial charge on any atom is -0.465 e. The molecule has 2 N–H and O–H groups in total. The zero-order valence-electron chi connectivity index (χ0n) is 16.5. The first-order valence-corrected chi connectivity index (χ1v) is 10.1. The number of nitrogens with zero attached hydrogens (tertiary/aromatic N) is 2. The highest BCUT2D eigenvalue weighted by Gasteiger charge is 2.46. The molecular weight excluding hydrogens is 411 g/mol. The number of likely N-dealkylation sites (tertiary alicyclic amines) is 1. The van der Waals surface area contributed by atoms with Crippen LogP contribution in [-0.2, 0) is 4.79 Å². The maximum Gasteiger partial charge on any atom is 0.408 e. The molecule has 4 rings (SSSR count). The van der Waals surface area contributed by atoms with Crippen LogP contribution in [0, 0.1) is 0 Å². The third-order valence-corrected chi connectivity index (χ3v) is 5.88. The molecule has 31 heavy (non-hydrogen) atoms. The van der Waals surface area contributed by atoms with Gasteiger partial charge in [0.25, 0.3) is 0 Å². The Hall–Kier alpha value is -3.10. The number of halogens is 3. The van der Waals surface area contributed by atoms with E-state index in [2.05, 4.69) is 10.3 Å². The fourth-order valence-corrected chi connectivity index (χ4v) is 4.18. The van der Waals surface area contributed by atoms with Crippen LogP contribution in [0.2, 0.25) is 0 Å². The van der Waals surface area contributed by atoms with E-state index in [1.165, 1.54) is 6.20 Å². The number of pyridine rings is 1. The second kappa shape index (κ2) is 8.20. The molecule has 2 aromatic rings. The largest absolute Gasteiger partial charge is 0.465 e. The molecule has 0 bridgehead atoms. The Balaban J connectivity index is 1.56. The van der Waals surface area contributed by atoms with Crippen molar-refractivity contribution in [3.63, 3.8) is 0 Å². The number of rotatable bonds is 5. The fraction of sp³-hybridized carbons (Fsp3) is 0.409. The van der Waals surface area contributed by atoms with Gasteiger partial charge in [-0.2, -0.15) is 0 Å². The highest BCUT2D eigenvalue weighted by molar-refractivity contribution is 5.86. The molecule has 2 amide bonds. The van der Waals surface area contributed by atoms with E-state index in [4.69, 9.17) is 0 Å². The zero-order chi connectivity index (χ0) is 22.2. The lowest BCUT2D eigenvalue weighted by molar-refractivity contribution is -0.125. The first-order valence-electron chi connectivity index (χ1n) is 10.1. The van der Waals surface area contributed by atoms with Gasteiger partial charge in [-0.05, 0) is 23.1 Å². The van der Waals surface area contributed by atoms with E-state index in [0.717, 1.165) is 4.90 Å². The second-order valence-electron chi connectivity index (χ2n) is 8.11. The van der Waals surface area contributed by atoms with Crippen LogP contribution < -0.4 is 5.32 Å². The van der Waals surface area contributed by atoms with Crippen molar-refractivity contribution in [1.29, 1.82) is 0 Å². The minimum atomic E-state index is -2.63. The van der Waals surface area contributed by atoms with Gasteiger partial charge in [-0.3, -0.25) is 14.7 Å². The van der Waals surface area contributed by atoms with Gasteiger partial charge < -0.3 is 10.4 Å². The topological polar surface area (TPSA) is 82.5 Å². The van der Waals surface area contributed by atoms with Crippen molar-refractivity contribution < 1.29 is 27.9 Å². The summed E-state index contributed by atoms with van der Waals surface area (Å²) < 4.78 is 40.1. The van der Waals surface area contributed by atoms with E-state index >= 15 is 0 Å². The summed E-state index contributed by atoms with van der Waals surface area (Å²) in [5.41, 5.74) is 1.90. The van der Waals surface area contributed by atoms with Crippen LogP contribution in [0.4, 0.5) is 18.0 Å². The lowest BCUT2D eigenvalue weighted by atomic mass is 9.77. The van der Waals surface area contributed by atoms with Gasteiger partial charge in [-0.1, -0.05) is 36.4 Å². The fourth-order valence-electron chi connectivity index (χ4n) is 4.18. The molecule has 0 radical (unpaired) electrons. The van der Waals surface area contributed by atoms with Crippen molar-refractivity contribution in [2.75, 3.05) is 6.54 Å². The number of hydrogen-bond donors (Lipinski definition) is 2. The molecule has 1 aliphatic carbocycles. The van der Waals surface area contributed by atoms with E-state index < -0.39 is 36.2 Å². The van der Waals surface area contributed by atoms with Gasteiger partial charge in [0.15, 0.2) is 0 Å². The zero-order valence-corrected chi connectivity index (χ0v) is 16.5. The summed E-state index contributed by atoms with van der Waals surface area (Å²) in [6.07, 6.45) is -1.83. The van der Waals surface area contributed by atoms with Crippen molar-refractivity contribution in [3.05, 3.63) is 65.5 Å². The van der Waals surface area contributed by atoms with Gasteiger partial charge in [0.05, 0.1) is 18.3 Å². The summed E-state index contributed by atoms with van der Waals surface area (Å²) in [5.74, 6) is -3.48. The van der Waals surface area contributed by atoms with Crippen LogP contribution in [0.15, 0.2) is 48.7 Å². The molecule has 3 atom stereocenters. The summed E-state index contributed by atoms with van der Waals surface area (Å²) in [7, 11) is 0. The highest BCUT2D eigenvalue weighted by atomic mass is 19.3. The SMILES string of the molecule is O=C(NC(c1ccccc1)c1ccc(C2CC(F)(F)C2)cn1)[C@H]1CC(F)CN1C(=O)O. The molecule has 164 valence electrons. The third kappa shape index (κ3) is 4.50. The molecule has 2 unspecified atom stereocenters. The molecule has 9 heteroatoms. The number of alkyl halides is 3. The average Bonchev–Trinajstić information content (AvgIpc) is 3.13.